The van der Waals surface area contributed by atoms with E-state index in [1.54, 1.807) is 34.9 Å². The number of nitrogens with zero attached hydrogens (tertiary/aromatic N) is 2. The van der Waals surface area contributed by atoms with Crippen molar-refractivity contribution in [3.63, 3.8) is 0 Å². The molecule has 2 rings (SSSR count). The van der Waals surface area contributed by atoms with E-state index in [0.29, 0.717) is 18.3 Å². The predicted octanol–water partition coefficient (Wildman–Crippen LogP) is 2.28. The zero-order valence-corrected chi connectivity index (χ0v) is 14.3. The maximum absolute atomic E-state index is 12.3. The first-order chi connectivity index (χ1) is 9.66. The van der Waals surface area contributed by atoms with Crippen LogP contribution in [0.5, 0.6) is 0 Å². The first-order valence-electron chi connectivity index (χ1n) is 6.52. The van der Waals surface area contributed by atoms with Crippen molar-refractivity contribution in [1.82, 2.24) is 15.5 Å². The number of ether oxygens (including phenoxy) is 1. The molecule has 1 heterocycles. The van der Waals surface area contributed by atoms with Gasteiger partial charge in [0.1, 0.15) is 5.54 Å². The summed E-state index contributed by atoms with van der Waals surface area (Å²) in [6.45, 7) is 2.25. The number of rotatable bonds is 8. The zero-order valence-electron chi connectivity index (χ0n) is 11.8. The second-order valence-electron chi connectivity index (χ2n) is 4.54. The van der Waals surface area contributed by atoms with Crippen molar-refractivity contribution in [1.29, 1.82) is 0 Å². The van der Waals surface area contributed by atoms with E-state index in [4.69, 9.17) is 4.74 Å². The second-order valence-corrected chi connectivity index (χ2v) is 7.80. The quantitative estimate of drug-likeness (QED) is 0.578. The molecular weight excluding hydrogens is 314 g/mol. The Bertz CT molecular complexity index is 465. The van der Waals surface area contributed by atoms with Crippen molar-refractivity contribution >= 4 is 40.8 Å². The maximum Gasteiger partial charge on any atom is 0.327 e. The smallest absolute Gasteiger partial charge is 0.327 e. The normalized spacial score (nSPS) is 17.8. The minimum atomic E-state index is -0.591. The number of aromatic nitrogens is 2. The van der Waals surface area contributed by atoms with E-state index in [2.05, 4.69) is 15.5 Å². The topological polar surface area (TPSA) is 64.1 Å². The first kappa shape index (κ1) is 16.1. The van der Waals surface area contributed by atoms with Crippen LogP contribution in [0.2, 0.25) is 0 Å². The Morgan fingerprint density at radius 1 is 1.50 bits per heavy atom. The molecule has 0 radical (unpaired) electrons. The number of hydrogen-bond acceptors (Lipinski definition) is 8. The molecular formula is C12H19N3O2S3. The van der Waals surface area contributed by atoms with Crippen LogP contribution in [0.4, 0.5) is 0 Å². The van der Waals surface area contributed by atoms with E-state index in [1.807, 2.05) is 20.2 Å². The van der Waals surface area contributed by atoms with Gasteiger partial charge in [0.2, 0.25) is 0 Å². The van der Waals surface area contributed by atoms with Crippen molar-refractivity contribution in [2.45, 2.75) is 34.0 Å². The Morgan fingerprint density at radius 3 is 2.70 bits per heavy atom. The Kier molecular flexibility index (Phi) is 5.71. The lowest BCUT2D eigenvalue weighted by atomic mass is 9.96. The number of likely N-dealkylation sites (N-methyl/N-ethyl adjacent to an activating group) is 1. The lowest BCUT2D eigenvalue weighted by molar-refractivity contribution is -0.150. The molecule has 1 unspecified atom stereocenters. The molecule has 1 aromatic rings. The standard InChI is InChI=1S/C12H19N3O2S3/c1-4-17-9(16)12(13-2,8-5-6-8)7-19-11-15-14-10(18-3)20-11/h8,13H,4-7H2,1-3H3. The highest BCUT2D eigenvalue weighted by atomic mass is 32.2. The van der Waals surface area contributed by atoms with Crippen LogP contribution in [-0.2, 0) is 9.53 Å². The number of esters is 1. The monoisotopic (exact) mass is 333 g/mol. The van der Waals surface area contributed by atoms with Crippen LogP contribution in [0.25, 0.3) is 0 Å². The molecule has 1 aliphatic rings. The van der Waals surface area contributed by atoms with Crippen molar-refractivity contribution in [2.24, 2.45) is 5.92 Å². The summed E-state index contributed by atoms with van der Waals surface area (Å²) in [4.78, 5) is 12.3. The Labute approximate surface area is 131 Å². The Hall–Kier alpha value is -0.310. The van der Waals surface area contributed by atoms with E-state index in [9.17, 15) is 4.79 Å². The first-order valence-corrected chi connectivity index (χ1v) is 9.55. The molecule has 1 fully saturated rings. The summed E-state index contributed by atoms with van der Waals surface area (Å²) < 4.78 is 7.11. The van der Waals surface area contributed by atoms with Gasteiger partial charge in [-0.25, -0.2) is 0 Å². The average molecular weight is 334 g/mol. The van der Waals surface area contributed by atoms with E-state index in [-0.39, 0.29) is 5.97 Å². The zero-order chi connectivity index (χ0) is 14.6. The molecule has 0 bridgehead atoms. The third kappa shape index (κ3) is 3.47. The van der Waals surface area contributed by atoms with Gasteiger partial charge in [-0.05, 0) is 39.0 Å². The number of carbonyl (C=O) groups excluding carboxylic acids is 1. The average Bonchev–Trinajstić information content (AvgIpc) is 3.20. The fourth-order valence-corrected chi connectivity index (χ4v) is 4.83. The molecule has 1 aliphatic carbocycles. The molecule has 0 aromatic carbocycles. The summed E-state index contributed by atoms with van der Waals surface area (Å²) in [5.74, 6) is 0.856. The minimum Gasteiger partial charge on any atom is -0.465 e. The van der Waals surface area contributed by atoms with Crippen molar-refractivity contribution in [2.75, 3.05) is 25.7 Å². The third-order valence-electron chi connectivity index (χ3n) is 3.35. The number of carbonyl (C=O) groups is 1. The van der Waals surface area contributed by atoms with Gasteiger partial charge in [-0.3, -0.25) is 4.79 Å². The maximum atomic E-state index is 12.3. The van der Waals surface area contributed by atoms with Gasteiger partial charge in [0, 0.05) is 5.75 Å². The summed E-state index contributed by atoms with van der Waals surface area (Å²) in [7, 11) is 1.84. The molecule has 1 N–H and O–H groups in total. The SMILES string of the molecule is CCOC(=O)C(CSc1nnc(SC)s1)(NC)C1CC1. The molecule has 1 saturated carbocycles. The van der Waals surface area contributed by atoms with Crippen LogP contribution >= 0.6 is 34.9 Å². The molecule has 1 atom stereocenters. The van der Waals surface area contributed by atoms with E-state index >= 15 is 0 Å². The number of thioether (sulfide) groups is 2. The van der Waals surface area contributed by atoms with Gasteiger partial charge in [-0.2, -0.15) is 0 Å². The molecule has 0 saturated heterocycles. The summed E-state index contributed by atoms with van der Waals surface area (Å²) in [5.41, 5.74) is -0.591. The summed E-state index contributed by atoms with van der Waals surface area (Å²) in [6.07, 6.45) is 4.13. The van der Waals surface area contributed by atoms with Crippen molar-refractivity contribution in [3.8, 4) is 0 Å². The molecule has 1 aromatic heterocycles. The molecule has 20 heavy (non-hydrogen) atoms. The van der Waals surface area contributed by atoms with Crippen molar-refractivity contribution < 1.29 is 9.53 Å². The fourth-order valence-electron chi connectivity index (χ4n) is 2.07. The lowest BCUT2D eigenvalue weighted by Gasteiger charge is -2.30. The van der Waals surface area contributed by atoms with Crippen LogP contribution in [0.3, 0.4) is 0 Å². The third-order valence-corrected chi connectivity index (χ3v) is 6.57. The second kappa shape index (κ2) is 7.11. The highest BCUT2D eigenvalue weighted by molar-refractivity contribution is 8.03. The van der Waals surface area contributed by atoms with E-state index in [1.165, 1.54) is 0 Å². The van der Waals surface area contributed by atoms with Crippen LogP contribution in [0.1, 0.15) is 19.8 Å². The summed E-state index contributed by atoms with van der Waals surface area (Å²) in [5, 5.41) is 11.4. The lowest BCUT2D eigenvalue weighted by Crippen LogP contribution is -2.55. The van der Waals surface area contributed by atoms with Gasteiger partial charge in [-0.1, -0.05) is 34.9 Å². The van der Waals surface area contributed by atoms with Crippen LogP contribution in [-0.4, -0.2) is 47.4 Å². The molecule has 0 spiro atoms. The summed E-state index contributed by atoms with van der Waals surface area (Å²) in [6, 6.07) is 0. The fraction of sp³-hybridized carbons (Fsp3) is 0.750. The Balaban J connectivity index is 2.05. The molecule has 0 amide bonds. The summed E-state index contributed by atoms with van der Waals surface area (Å²) >= 11 is 4.73. The van der Waals surface area contributed by atoms with Gasteiger partial charge in [0.15, 0.2) is 8.68 Å². The molecule has 0 aliphatic heterocycles. The van der Waals surface area contributed by atoms with E-state index in [0.717, 1.165) is 21.5 Å². The van der Waals surface area contributed by atoms with Gasteiger partial charge in [0.25, 0.3) is 0 Å². The largest absolute Gasteiger partial charge is 0.465 e. The number of hydrogen-bond donors (Lipinski definition) is 1. The highest BCUT2D eigenvalue weighted by Crippen LogP contribution is 2.43. The van der Waals surface area contributed by atoms with Crippen molar-refractivity contribution in [3.05, 3.63) is 0 Å². The van der Waals surface area contributed by atoms with Crippen LogP contribution in [0, 0.1) is 5.92 Å². The van der Waals surface area contributed by atoms with Crippen LogP contribution < -0.4 is 5.32 Å². The molecule has 112 valence electrons. The number of nitrogens with one attached hydrogen (secondary N) is 1. The minimum absolute atomic E-state index is 0.146. The highest BCUT2D eigenvalue weighted by Gasteiger charge is 2.51. The molecule has 5 nitrogen and oxygen atoms in total. The Morgan fingerprint density at radius 2 is 2.20 bits per heavy atom. The van der Waals surface area contributed by atoms with Gasteiger partial charge >= 0.3 is 5.97 Å². The van der Waals surface area contributed by atoms with E-state index < -0.39 is 5.54 Å². The van der Waals surface area contributed by atoms with Gasteiger partial charge < -0.3 is 10.1 Å². The van der Waals surface area contributed by atoms with Crippen LogP contribution in [0.15, 0.2) is 8.68 Å². The van der Waals surface area contributed by atoms with Gasteiger partial charge in [-0.15, -0.1) is 10.2 Å². The molecule has 8 heteroatoms. The van der Waals surface area contributed by atoms with Gasteiger partial charge in [0.05, 0.1) is 6.61 Å². The predicted molar refractivity (Wildman–Crippen MR) is 83.6 cm³/mol.